The number of para-hydroxylation sites is 1. The van der Waals surface area contributed by atoms with E-state index in [1.54, 1.807) is 0 Å². The van der Waals surface area contributed by atoms with E-state index in [2.05, 4.69) is 5.10 Å². The molecule has 0 aromatic heterocycles. The zero-order valence-electron chi connectivity index (χ0n) is 13.8. The molecule has 1 amide bonds. The average Bonchev–Trinajstić information content (AvgIpc) is 2.60. The molecule has 0 aliphatic carbocycles. The fourth-order valence-electron chi connectivity index (χ4n) is 2.72. The summed E-state index contributed by atoms with van der Waals surface area (Å²) in [5.74, 6) is -0.640. The second kappa shape index (κ2) is 7.78. The first-order valence-corrected chi connectivity index (χ1v) is 9.10. The highest BCUT2D eigenvalue weighted by Crippen LogP contribution is 2.28. The summed E-state index contributed by atoms with van der Waals surface area (Å²) in [6.45, 7) is 1.41. The van der Waals surface area contributed by atoms with Gasteiger partial charge in [0.25, 0.3) is 0 Å². The van der Waals surface area contributed by atoms with Gasteiger partial charge in [0, 0.05) is 12.5 Å². The van der Waals surface area contributed by atoms with E-state index in [1.807, 2.05) is 24.3 Å². The van der Waals surface area contributed by atoms with Gasteiger partial charge in [0.1, 0.15) is 16.7 Å². The van der Waals surface area contributed by atoms with Gasteiger partial charge >= 0.3 is 0 Å². The van der Waals surface area contributed by atoms with E-state index in [4.69, 9.17) is 0 Å². The van der Waals surface area contributed by atoms with Crippen LogP contribution in [0.2, 0.25) is 0 Å². The molecule has 0 spiro atoms. The molecule has 3 nitrogen and oxygen atoms in total. The fourth-order valence-corrected chi connectivity index (χ4v) is 3.71. The van der Waals surface area contributed by atoms with Crippen LogP contribution in [0.3, 0.4) is 0 Å². The minimum absolute atomic E-state index is 0.0781. The molecule has 0 N–H and O–H groups in total. The summed E-state index contributed by atoms with van der Waals surface area (Å²) in [5.41, 5.74) is 1.79. The Kier molecular flexibility index (Phi) is 5.48. The maximum Gasteiger partial charge on any atom is 0.244 e. The van der Waals surface area contributed by atoms with Crippen molar-refractivity contribution in [3.63, 3.8) is 0 Å². The first-order valence-electron chi connectivity index (χ1n) is 8.11. The Bertz CT molecular complexity index is 823. The van der Waals surface area contributed by atoms with E-state index in [1.165, 1.54) is 23.7 Å². The number of aryl methyl sites for hydroxylation is 1. The van der Waals surface area contributed by atoms with E-state index in [9.17, 15) is 13.6 Å². The second-order valence-electron chi connectivity index (χ2n) is 5.79. The van der Waals surface area contributed by atoms with Crippen LogP contribution in [0.4, 0.5) is 14.5 Å². The van der Waals surface area contributed by atoms with Crippen LogP contribution < -0.4 is 5.01 Å². The number of anilines is 1. The Hall–Kier alpha value is -2.21. The Labute approximate surface area is 149 Å². The maximum absolute atomic E-state index is 14.2. The summed E-state index contributed by atoms with van der Waals surface area (Å²) >= 11 is 1.34. The number of rotatable bonds is 1. The summed E-state index contributed by atoms with van der Waals surface area (Å²) in [6.07, 6.45) is 2.73. The first kappa shape index (κ1) is 17.6. The molecule has 6 heteroatoms. The lowest BCUT2D eigenvalue weighted by atomic mass is 10.1. The number of halogens is 2. The minimum atomic E-state index is -0.554. The first-order chi connectivity index (χ1) is 12.1. The van der Waals surface area contributed by atoms with E-state index < -0.39 is 11.6 Å². The number of fused-ring (bicyclic) bond motifs is 1. The molecule has 0 atom stereocenters. The molecule has 0 unspecified atom stereocenters. The van der Waals surface area contributed by atoms with Crippen LogP contribution in [0, 0.1) is 11.6 Å². The number of hydrogen-bond acceptors (Lipinski definition) is 3. The molecule has 2 aromatic carbocycles. The van der Waals surface area contributed by atoms with Gasteiger partial charge in [-0.15, -0.1) is 11.8 Å². The number of amides is 1. The van der Waals surface area contributed by atoms with Crippen molar-refractivity contribution in [1.82, 2.24) is 0 Å². The lowest BCUT2D eigenvalue weighted by molar-refractivity contribution is -0.116. The van der Waals surface area contributed by atoms with Crippen LogP contribution in [0.25, 0.3) is 0 Å². The zero-order valence-corrected chi connectivity index (χ0v) is 14.7. The molecule has 2 aromatic rings. The molecule has 25 heavy (non-hydrogen) atoms. The Balaban J connectivity index is 2.14. The molecular formula is C19H18F2N2OS. The summed E-state index contributed by atoms with van der Waals surface area (Å²) < 4.78 is 27.8. The van der Waals surface area contributed by atoms with E-state index in [-0.39, 0.29) is 11.5 Å². The number of hydrogen-bond donors (Lipinski definition) is 0. The molecule has 3 rings (SSSR count). The molecule has 0 saturated carbocycles. The SMILES string of the molecule is CC(=O)N1N=C(c2cc(F)ccc2F)SCCCCc2ccccc21. The quantitative estimate of drug-likeness (QED) is 0.735. The summed E-state index contributed by atoms with van der Waals surface area (Å²) in [5, 5.41) is 6.00. The molecule has 0 saturated heterocycles. The third-order valence-electron chi connectivity index (χ3n) is 3.95. The second-order valence-corrected chi connectivity index (χ2v) is 6.88. The summed E-state index contributed by atoms with van der Waals surface area (Å²) in [7, 11) is 0. The number of carbonyl (C=O) groups is 1. The number of nitrogens with zero attached hydrogens (tertiary/aromatic N) is 2. The molecule has 1 aliphatic heterocycles. The van der Waals surface area contributed by atoms with Crippen molar-refractivity contribution in [3.8, 4) is 0 Å². The van der Waals surface area contributed by atoms with Crippen molar-refractivity contribution in [3.05, 3.63) is 65.2 Å². The Morgan fingerprint density at radius 1 is 1.16 bits per heavy atom. The molecule has 0 radical (unpaired) electrons. The van der Waals surface area contributed by atoms with Gasteiger partial charge in [0.15, 0.2) is 0 Å². The van der Waals surface area contributed by atoms with Crippen molar-refractivity contribution in [2.24, 2.45) is 5.10 Å². The van der Waals surface area contributed by atoms with Gasteiger partial charge in [-0.05, 0) is 54.8 Å². The third kappa shape index (κ3) is 4.07. The molecule has 0 fully saturated rings. The lowest BCUT2D eigenvalue weighted by Gasteiger charge is -2.22. The monoisotopic (exact) mass is 360 g/mol. The van der Waals surface area contributed by atoms with E-state index in [0.29, 0.717) is 10.7 Å². The van der Waals surface area contributed by atoms with Crippen LogP contribution >= 0.6 is 11.8 Å². The fraction of sp³-hybridized carbons (Fsp3) is 0.263. The summed E-state index contributed by atoms with van der Waals surface area (Å²) in [6, 6.07) is 10.8. The smallest absolute Gasteiger partial charge is 0.244 e. The maximum atomic E-state index is 14.2. The van der Waals surface area contributed by atoms with Crippen LogP contribution in [-0.4, -0.2) is 16.7 Å². The average molecular weight is 360 g/mol. The van der Waals surface area contributed by atoms with Crippen molar-refractivity contribution < 1.29 is 13.6 Å². The number of hydrazone groups is 1. The number of thioether (sulfide) groups is 1. The predicted octanol–water partition coefficient (Wildman–Crippen LogP) is 4.75. The van der Waals surface area contributed by atoms with Crippen LogP contribution in [0.1, 0.15) is 30.9 Å². The minimum Gasteiger partial charge on any atom is -0.273 e. The highest BCUT2D eigenvalue weighted by molar-refractivity contribution is 8.14. The normalized spacial score (nSPS) is 15.3. The van der Waals surface area contributed by atoms with Crippen LogP contribution in [0.15, 0.2) is 47.6 Å². The van der Waals surface area contributed by atoms with E-state index >= 15 is 0 Å². The lowest BCUT2D eigenvalue weighted by Crippen LogP contribution is -2.26. The molecular weight excluding hydrogens is 342 g/mol. The van der Waals surface area contributed by atoms with Gasteiger partial charge in [-0.1, -0.05) is 18.2 Å². The van der Waals surface area contributed by atoms with Gasteiger partial charge in [-0.3, -0.25) is 4.79 Å². The van der Waals surface area contributed by atoms with Gasteiger partial charge in [0.05, 0.1) is 5.69 Å². The van der Waals surface area contributed by atoms with Gasteiger partial charge in [0.2, 0.25) is 5.91 Å². The molecule has 130 valence electrons. The van der Waals surface area contributed by atoms with Gasteiger partial charge in [-0.25, -0.2) is 8.78 Å². The third-order valence-corrected chi connectivity index (χ3v) is 5.01. The zero-order chi connectivity index (χ0) is 17.8. The van der Waals surface area contributed by atoms with Crippen molar-refractivity contribution in [2.45, 2.75) is 26.2 Å². The highest BCUT2D eigenvalue weighted by Gasteiger charge is 2.20. The van der Waals surface area contributed by atoms with Crippen molar-refractivity contribution in [2.75, 3.05) is 10.8 Å². The standard InChI is InChI=1S/C19H18F2N2OS/c1-13(24)23-18-8-3-2-6-14(18)7-4-5-11-25-19(22-23)16-12-15(20)9-10-17(16)21/h2-3,6,8-10,12H,4-5,7,11H2,1H3. The molecule has 1 heterocycles. The van der Waals surface area contributed by atoms with Crippen LogP contribution in [0.5, 0.6) is 0 Å². The topological polar surface area (TPSA) is 32.7 Å². The highest BCUT2D eigenvalue weighted by atomic mass is 32.2. The van der Waals surface area contributed by atoms with Crippen LogP contribution in [-0.2, 0) is 11.2 Å². The molecule has 0 bridgehead atoms. The molecule has 1 aliphatic rings. The largest absolute Gasteiger partial charge is 0.273 e. The predicted molar refractivity (Wildman–Crippen MR) is 97.9 cm³/mol. The Morgan fingerprint density at radius 2 is 1.96 bits per heavy atom. The van der Waals surface area contributed by atoms with E-state index in [0.717, 1.165) is 48.8 Å². The van der Waals surface area contributed by atoms with Gasteiger partial charge in [-0.2, -0.15) is 10.1 Å². The van der Waals surface area contributed by atoms with Gasteiger partial charge < -0.3 is 0 Å². The summed E-state index contributed by atoms with van der Waals surface area (Å²) in [4.78, 5) is 12.2. The van der Waals surface area contributed by atoms with Crippen molar-refractivity contribution in [1.29, 1.82) is 0 Å². The number of benzene rings is 2. The Morgan fingerprint density at radius 3 is 2.76 bits per heavy atom. The van der Waals surface area contributed by atoms with Crippen molar-refractivity contribution >= 4 is 28.4 Å². The number of carbonyl (C=O) groups excluding carboxylic acids is 1.